The number of nitrogens with one attached hydrogen (secondary N) is 1. The van der Waals surface area contributed by atoms with Crippen molar-refractivity contribution in [3.8, 4) is 0 Å². The van der Waals surface area contributed by atoms with Crippen LogP contribution in [-0.2, 0) is 14.3 Å². The summed E-state index contributed by atoms with van der Waals surface area (Å²) < 4.78 is 39.3. The predicted molar refractivity (Wildman–Crippen MR) is 55.9 cm³/mol. The molecule has 0 bridgehead atoms. The van der Waals surface area contributed by atoms with E-state index in [1.807, 2.05) is 0 Å². The highest BCUT2D eigenvalue weighted by atomic mass is 19.4. The molecule has 0 aromatic heterocycles. The second-order valence-electron chi connectivity index (χ2n) is 4.20. The Labute approximate surface area is 102 Å². The first-order valence-electron chi connectivity index (χ1n) is 5.28. The highest BCUT2D eigenvalue weighted by Gasteiger charge is 2.28. The Morgan fingerprint density at radius 3 is 2.28 bits per heavy atom. The van der Waals surface area contributed by atoms with Crippen molar-refractivity contribution in [3.05, 3.63) is 0 Å². The minimum Gasteiger partial charge on any atom is -0.480 e. The topological polar surface area (TPSA) is 75.6 Å². The molecule has 0 saturated carbocycles. The van der Waals surface area contributed by atoms with Crippen LogP contribution < -0.4 is 5.32 Å². The molecule has 0 saturated heterocycles. The van der Waals surface area contributed by atoms with Crippen LogP contribution in [0.1, 0.15) is 20.3 Å². The number of hydrogen-bond donors (Lipinski definition) is 2. The molecule has 0 fully saturated rings. The number of aliphatic carboxylic acids is 1. The number of halogens is 3. The van der Waals surface area contributed by atoms with Crippen LogP contribution in [0.3, 0.4) is 0 Å². The molecular formula is C10H16F3NO4. The monoisotopic (exact) mass is 271 g/mol. The summed E-state index contributed by atoms with van der Waals surface area (Å²) in [4.78, 5) is 21.9. The second kappa shape index (κ2) is 7.20. The lowest BCUT2D eigenvalue weighted by atomic mass is 10.0. The summed E-state index contributed by atoms with van der Waals surface area (Å²) in [5.74, 6) is -2.08. The Morgan fingerprint density at radius 2 is 1.89 bits per heavy atom. The summed E-state index contributed by atoms with van der Waals surface area (Å²) in [7, 11) is 0. The standard InChI is InChI=1S/C10H16F3NO4/c1-6(2)3-7(9(16)17)14-8(15)4-18-5-10(11,12)13/h6-7H,3-5H2,1-2H3,(H,14,15)(H,16,17). The normalized spacial score (nSPS) is 13.4. The van der Waals surface area contributed by atoms with Gasteiger partial charge in [-0.15, -0.1) is 0 Å². The van der Waals surface area contributed by atoms with E-state index in [4.69, 9.17) is 5.11 Å². The van der Waals surface area contributed by atoms with Gasteiger partial charge in [-0.25, -0.2) is 4.79 Å². The van der Waals surface area contributed by atoms with Crippen molar-refractivity contribution in [1.29, 1.82) is 0 Å². The minimum absolute atomic E-state index is 0.0301. The molecule has 1 amide bonds. The van der Waals surface area contributed by atoms with Crippen LogP contribution in [0.4, 0.5) is 13.2 Å². The lowest BCUT2D eigenvalue weighted by molar-refractivity contribution is -0.176. The van der Waals surface area contributed by atoms with Gasteiger partial charge in [-0.3, -0.25) is 4.79 Å². The van der Waals surface area contributed by atoms with Crippen LogP contribution in [-0.4, -0.2) is 42.4 Å². The van der Waals surface area contributed by atoms with Gasteiger partial charge in [0.15, 0.2) is 0 Å². The van der Waals surface area contributed by atoms with Gasteiger partial charge in [-0.05, 0) is 12.3 Å². The van der Waals surface area contributed by atoms with E-state index in [0.717, 1.165) is 0 Å². The Kier molecular flexibility index (Phi) is 6.67. The molecule has 0 radical (unpaired) electrons. The van der Waals surface area contributed by atoms with Crippen LogP contribution in [0.25, 0.3) is 0 Å². The van der Waals surface area contributed by atoms with Crippen molar-refractivity contribution in [2.75, 3.05) is 13.2 Å². The molecular weight excluding hydrogens is 255 g/mol. The van der Waals surface area contributed by atoms with Crippen molar-refractivity contribution in [2.24, 2.45) is 5.92 Å². The fourth-order valence-electron chi connectivity index (χ4n) is 1.19. The molecule has 2 N–H and O–H groups in total. The van der Waals surface area contributed by atoms with Gasteiger partial charge in [-0.2, -0.15) is 13.2 Å². The van der Waals surface area contributed by atoms with E-state index < -0.39 is 37.3 Å². The number of hydrogen-bond acceptors (Lipinski definition) is 3. The third-order valence-electron chi connectivity index (χ3n) is 1.84. The van der Waals surface area contributed by atoms with E-state index in [2.05, 4.69) is 10.1 Å². The lowest BCUT2D eigenvalue weighted by Crippen LogP contribution is -2.43. The van der Waals surface area contributed by atoms with Crippen LogP contribution in [0.2, 0.25) is 0 Å². The summed E-state index contributed by atoms with van der Waals surface area (Å²) in [5.41, 5.74) is 0. The van der Waals surface area contributed by atoms with E-state index in [-0.39, 0.29) is 12.3 Å². The molecule has 0 aliphatic rings. The average molecular weight is 271 g/mol. The molecule has 0 spiro atoms. The van der Waals surface area contributed by atoms with Gasteiger partial charge in [-0.1, -0.05) is 13.8 Å². The van der Waals surface area contributed by atoms with Gasteiger partial charge >= 0.3 is 12.1 Å². The quantitative estimate of drug-likeness (QED) is 0.729. The summed E-state index contributed by atoms with van der Waals surface area (Å²) >= 11 is 0. The molecule has 0 rings (SSSR count). The number of alkyl halides is 3. The van der Waals surface area contributed by atoms with E-state index in [1.54, 1.807) is 13.8 Å². The SMILES string of the molecule is CC(C)CC(NC(=O)COCC(F)(F)F)C(=O)O. The van der Waals surface area contributed by atoms with Crippen LogP contribution in [0.15, 0.2) is 0 Å². The van der Waals surface area contributed by atoms with Gasteiger partial charge in [0.05, 0.1) is 0 Å². The van der Waals surface area contributed by atoms with Crippen molar-refractivity contribution in [3.63, 3.8) is 0 Å². The van der Waals surface area contributed by atoms with Crippen LogP contribution >= 0.6 is 0 Å². The summed E-state index contributed by atoms with van der Waals surface area (Å²) in [5, 5.41) is 10.9. The zero-order valence-electron chi connectivity index (χ0n) is 10.1. The number of carbonyl (C=O) groups is 2. The molecule has 0 aliphatic carbocycles. The molecule has 106 valence electrons. The fraction of sp³-hybridized carbons (Fsp3) is 0.800. The maximum absolute atomic E-state index is 11.7. The summed E-state index contributed by atoms with van der Waals surface area (Å²) in [6.07, 6.45) is -4.31. The number of carbonyl (C=O) groups excluding carboxylic acids is 1. The zero-order chi connectivity index (χ0) is 14.3. The molecule has 18 heavy (non-hydrogen) atoms. The Morgan fingerprint density at radius 1 is 1.33 bits per heavy atom. The largest absolute Gasteiger partial charge is 0.480 e. The molecule has 0 aromatic rings. The molecule has 0 aliphatic heterocycles. The van der Waals surface area contributed by atoms with Gasteiger partial charge < -0.3 is 15.2 Å². The van der Waals surface area contributed by atoms with E-state index in [0.29, 0.717) is 0 Å². The number of ether oxygens (including phenoxy) is 1. The summed E-state index contributed by atoms with van der Waals surface area (Å²) in [6, 6.07) is -1.12. The van der Waals surface area contributed by atoms with Crippen molar-refractivity contribution >= 4 is 11.9 Å². The Balaban J connectivity index is 4.07. The van der Waals surface area contributed by atoms with Crippen molar-refractivity contribution in [1.82, 2.24) is 5.32 Å². The van der Waals surface area contributed by atoms with E-state index in [1.165, 1.54) is 0 Å². The first kappa shape index (κ1) is 16.7. The van der Waals surface area contributed by atoms with Gasteiger partial charge in [0, 0.05) is 0 Å². The smallest absolute Gasteiger partial charge is 0.411 e. The third kappa shape index (κ3) is 8.80. The minimum atomic E-state index is -4.51. The average Bonchev–Trinajstić information content (AvgIpc) is 2.13. The predicted octanol–water partition coefficient (Wildman–Crippen LogP) is 1.18. The van der Waals surface area contributed by atoms with Crippen molar-refractivity contribution < 1.29 is 32.6 Å². The van der Waals surface area contributed by atoms with Gasteiger partial charge in [0.25, 0.3) is 0 Å². The maximum Gasteiger partial charge on any atom is 0.411 e. The fourth-order valence-corrected chi connectivity index (χ4v) is 1.19. The summed E-state index contributed by atoms with van der Waals surface area (Å²) in [6.45, 7) is 1.17. The zero-order valence-corrected chi connectivity index (χ0v) is 10.1. The first-order valence-corrected chi connectivity index (χ1v) is 5.28. The van der Waals surface area contributed by atoms with Gasteiger partial charge in [0.2, 0.25) is 5.91 Å². The molecule has 0 heterocycles. The number of carboxylic acids is 1. The molecule has 1 unspecified atom stereocenters. The van der Waals surface area contributed by atoms with Crippen molar-refractivity contribution in [2.45, 2.75) is 32.5 Å². The van der Waals surface area contributed by atoms with Crippen LogP contribution in [0, 0.1) is 5.92 Å². The molecule has 8 heteroatoms. The van der Waals surface area contributed by atoms with E-state index >= 15 is 0 Å². The number of carboxylic acid groups (broad SMARTS) is 1. The highest BCUT2D eigenvalue weighted by Crippen LogP contribution is 2.14. The Bertz CT molecular complexity index is 291. The third-order valence-corrected chi connectivity index (χ3v) is 1.84. The Hall–Kier alpha value is -1.31. The number of rotatable bonds is 7. The first-order chi connectivity index (χ1) is 8.11. The van der Waals surface area contributed by atoms with E-state index in [9.17, 15) is 22.8 Å². The highest BCUT2D eigenvalue weighted by molar-refractivity contribution is 5.84. The lowest BCUT2D eigenvalue weighted by Gasteiger charge is -2.16. The molecule has 5 nitrogen and oxygen atoms in total. The molecule has 0 aromatic carbocycles. The second-order valence-corrected chi connectivity index (χ2v) is 4.20. The number of amides is 1. The molecule has 1 atom stereocenters. The maximum atomic E-state index is 11.7. The van der Waals surface area contributed by atoms with Crippen LogP contribution in [0.5, 0.6) is 0 Å². The van der Waals surface area contributed by atoms with Gasteiger partial charge in [0.1, 0.15) is 19.3 Å².